The third-order valence-corrected chi connectivity index (χ3v) is 6.07. The number of amides is 1. The highest BCUT2D eigenvalue weighted by Gasteiger charge is 2.28. The van der Waals surface area contributed by atoms with Gasteiger partial charge < -0.3 is 11.1 Å². The number of benzene rings is 2. The molecule has 0 spiro atoms. The standard InChI is InChI=1S/C18H20ClN3O3S/c19-16-6-1-2-7-17(16)22-26(24,25)15-5-3-4-14(11-15)21-18(23)12-8-9-13(20)10-12/h1-7,11-13,22H,8-10,20H2,(H,21,23). The normalized spacial score (nSPS) is 19.9. The van der Waals surface area contributed by atoms with Crippen LogP contribution in [-0.2, 0) is 14.8 Å². The van der Waals surface area contributed by atoms with Crippen LogP contribution in [0.4, 0.5) is 11.4 Å². The van der Waals surface area contributed by atoms with Crippen LogP contribution in [0.2, 0.25) is 5.02 Å². The molecule has 0 heterocycles. The molecule has 0 saturated heterocycles. The largest absolute Gasteiger partial charge is 0.328 e. The predicted octanol–water partition coefficient (Wildman–Crippen LogP) is 3.21. The first-order valence-corrected chi connectivity index (χ1v) is 10.1. The molecule has 138 valence electrons. The van der Waals surface area contributed by atoms with Crippen molar-refractivity contribution in [2.45, 2.75) is 30.2 Å². The molecular formula is C18H20ClN3O3S. The molecule has 1 aliphatic rings. The van der Waals surface area contributed by atoms with E-state index in [-0.39, 0.29) is 22.8 Å². The molecule has 1 aliphatic carbocycles. The van der Waals surface area contributed by atoms with E-state index in [0.29, 0.717) is 22.8 Å². The maximum atomic E-state index is 12.6. The van der Waals surface area contributed by atoms with E-state index in [1.54, 1.807) is 36.4 Å². The zero-order valence-electron chi connectivity index (χ0n) is 14.0. The Morgan fingerprint density at radius 3 is 2.58 bits per heavy atom. The van der Waals surface area contributed by atoms with Gasteiger partial charge in [0.15, 0.2) is 0 Å². The molecule has 0 bridgehead atoms. The van der Waals surface area contributed by atoms with Crippen molar-refractivity contribution in [3.05, 3.63) is 53.6 Å². The van der Waals surface area contributed by atoms with E-state index in [1.807, 2.05) is 0 Å². The van der Waals surface area contributed by atoms with Gasteiger partial charge in [-0.15, -0.1) is 0 Å². The van der Waals surface area contributed by atoms with E-state index in [0.717, 1.165) is 12.8 Å². The molecule has 8 heteroatoms. The number of hydrogen-bond acceptors (Lipinski definition) is 4. The zero-order chi connectivity index (χ0) is 18.7. The lowest BCUT2D eigenvalue weighted by Gasteiger charge is -2.13. The minimum atomic E-state index is -3.83. The van der Waals surface area contributed by atoms with Gasteiger partial charge in [0, 0.05) is 17.6 Å². The molecule has 6 nitrogen and oxygen atoms in total. The average molecular weight is 394 g/mol. The number of rotatable bonds is 5. The van der Waals surface area contributed by atoms with E-state index in [4.69, 9.17) is 17.3 Å². The second-order valence-corrected chi connectivity index (χ2v) is 8.46. The van der Waals surface area contributed by atoms with Gasteiger partial charge >= 0.3 is 0 Å². The Morgan fingerprint density at radius 1 is 1.12 bits per heavy atom. The zero-order valence-corrected chi connectivity index (χ0v) is 15.6. The van der Waals surface area contributed by atoms with E-state index in [2.05, 4.69) is 10.0 Å². The topological polar surface area (TPSA) is 101 Å². The monoisotopic (exact) mass is 393 g/mol. The summed E-state index contributed by atoms with van der Waals surface area (Å²) in [6.07, 6.45) is 2.23. The number of halogens is 1. The Labute approximate surface area is 157 Å². The smallest absolute Gasteiger partial charge is 0.262 e. The van der Waals surface area contributed by atoms with Crippen LogP contribution in [-0.4, -0.2) is 20.4 Å². The van der Waals surface area contributed by atoms with Crippen molar-refractivity contribution in [2.24, 2.45) is 11.7 Å². The first-order valence-electron chi connectivity index (χ1n) is 8.29. The number of hydrogen-bond donors (Lipinski definition) is 3. The van der Waals surface area contributed by atoms with E-state index in [9.17, 15) is 13.2 Å². The molecule has 2 unspecified atom stereocenters. The first-order chi connectivity index (χ1) is 12.3. The van der Waals surface area contributed by atoms with Crippen molar-refractivity contribution in [3.8, 4) is 0 Å². The number of carbonyl (C=O) groups excluding carboxylic acids is 1. The summed E-state index contributed by atoms with van der Waals surface area (Å²) in [4.78, 5) is 12.3. The Hall–Kier alpha value is -2.09. The minimum absolute atomic E-state index is 0.0401. The second-order valence-electron chi connectivity index (χ2n) is 6.37. The number of anilines is 2. The Kier molecular flexibility index (Phi) is 5.50. The van der Waals surface area contributed by atoms with Gasteiger partial charge in [-0.3, -0.25) is 9.52 Å². The Bertz CT molecular complexity index is 917. The molecule has 0 aromatic heterocycles. The summed E-state index contributed by atoms with van der Waals surface area (Å²) in [7, 11) is -3.83. The van der Waals surface area contributed by atoms with Gasteiger partial charge in [0.2, 0.25) is 5.91 Å². The Morgan fingerprint density at radius 2 is 1.88 bits per heavy atom. The number of carbonyl (C=O) groups is 1. The summed E-state index contributed by atoms with van der Waals surface area (Å²) in [6.45, 7) is 0. The third-order valence-electron chi connectivity index (χ3n) is 4.37. The lowest BCUT2D eigenvalue weighted by Crippen LogP contribution is -2.23. The van der Waals surface area contributed by atoms with Crippen molar-refractivity contribution in [2.75, 3.05) is 10.0 Å². The van der Waals surface area contributed by atoms with E-state index >= 15 is 0 Å². The van der Waals surface area contributed by atoms with Crippen LogP contribution in [0.3, 0.4) is 0 Å². The number of para-hydroxylation sites is 1. The van der Waals surface area contributed by atoms with Crippen molar-refractivity contribution in [1.82, 2.24) is 0 Å². The van der Waals surface area contributed by atoms with Crippen LogP contribution in [0.25, 0.3) is 0 Å². The van der Waals surface area contributed by atoms with Crippen LogP contribution in [0.1, 0.15) is 19.3 Å². The van der Waals surface area contributed by atoms with Crippen LogP contribution in [0.15, 0.2) is 53.4 Å². The van der Waals surface area contributed by atoms with Gasteiger partial charge in [0.1, 0.15) is 0 Å². The molecule has 4 N–H and O–H groups in total. The summed E-state index contributed by atoms with van der Waals surface area (Å²) in [5, 5.41) is 3.08. The summed E-state index contributed by atoms with van der Waals surface area (Å²) < 4.78 is 27.6. The molecule has 3 rings (SSSR count). The van der Waals surface area contributed by atoms with Gasteiger partial charge in [0.05, 0.1) is 15.6 Å². The van der Waals surface area contributed by atoms with Crippen LogP contribution < -0.4 is 15.8 Å². The van der Waals surface area contributed by atoms with E-state index < -0.39 is 10.0 Å². The number of nitrogens with two attached hydrogens (primary N) is 1. The van der Waals surface area contributed by atoms with Crippen molar-refractivity contribution in [3.63, 3.8) is 0 Å². The molecule has 1 saturated carbocycles. The maximum Gasteiger partial charge on any atom is 0.262 e. The fourth-order valence-electron chi connectivity index (χ4n) is 2.99. The Balaban J connectivity index is 1.76. The molecular weight excluding hydrogens is 374 g/mol. The second kappa shape index (κ2) is 7.65. The molecule has 1 fully saturated rings. The molecule has 0 radical (unpaired) electrons. The fraction of sp³-hybridized carbons (Fsp3) is 0.278. The third kappa shape index (κ3) is 4.35. The van der Waals surface area contributed by atoms with Crippen LogP contribution in [0, 0.1) is 5.92 Å². The SMILES string of the molecule is NC1CCC(C(=O)Nc2cccc(S(=O)(=O)Nc3ccccc3Cl)c2)C1. The van der Waals surface area contributed by atoms with E-state index in [1.165, 1.54) is 12.1 Å². The molecule has 0 aliphatic heterocycles. The summed E-state index contributed by atoms with van der Waals surface area (Å²) >= 11 is 6.01. The highest BCUT2D eigenvalue weighted by molar-refractivity contribution is 7.92. The fourth-order valence-corrected chi connectivity index (χ4v) is 4.35. The summed E-state index contributed by atoms with van der Waals surface area (Å²) in [5.41, 5.74) is 6.57. The molecule has 26 heavy (non-hydrogen) atoms. The predicted molar refractivity (Wildman–Crippen MR) is 103 cm³/mol. The van der Waals surface area contributed by atoms with Gasteiger partial charge in [-0.05, 0) is 49.6 Å². The number of nitrogens with one attached hydrogen (secondary N) is 2. The van der Waals surface area contributed by atoms with Gasteiger partial charge in [-0.25, -0.2) is 8.42 Å². The maximum absolute atomic E-state index is 12.6. The molecule has 2 aromatic carbocycles. The minimum Gasteiger partial charge on any atom is -0.328 e. The highest BCUT2D eigenvalue weighted by atomic mass is 35.5. The average Bonchev–Trinajstić information content (AvgIpc) is 3.04. The highest BCUT2D eigenvalue weighted by Crippen LogP contribution is 2.27. The summed E-state index contributed by atoms with van der Waals surface area (Å²) in [6, 6.07) is 12.7. The van der Waals surface area contributed by atoms with Crippen LogP contribution in [0.5, 0.6) is 0 Å². The first kappa shape index (κ1) is 18.7. The summed E-state index contributed by atoms with van der Waals surface area (Å²) in [5.74, 6) is -0.266. The number of sulfonamides is 1. The van der Waals surface area contributed by atoms with Crippen LogP contribution >= 0.6 is 11.6 Å². The van der Waals surface area contributed by atoms with Gasteiger partial charge in [0.25, 0.3) is 10.0 Å². The molecule has 2 atom stereocenters. The van der Waals surface area contributed by atoms with Crippen molar-refractivity contribution in [1.29, 1.82) is 0 Å². The quantitative estimate of drug-likeness (QED) is 0.725. The van der Waals surface area contributed by atoms with Crippen molar-refractivity contribution >= 4 is 38.9 Å². The molecule has 2 aromatic rings. The lowest BCUT2D eigenvalue weighted by molar-refractivity contribution is -0.119. The molecule has 1 amide bonds. The van der Waals surface area contributed by atoms with Gasteiger partial charge in [-0.1, -0.05) is 29.8 Å². The van der Waals surface area contributed by atoms with Gasteiger partial charge in [-0.2, -0.15) is 0 Å². The lowest BCUT2D eigenvalue weighted by atomic mass is 10.1. The van der Waals surface area contributed by atoms with Crippen molar-refractivity contribution < 1.29 is 13.2 Å².